The smallest absolute Gasteiger partial charge is 0.191 e. The molecular weight excluding hydrogens is 463 g/mol. The minimum absolute atomic E-state index is 0. The van der Waals surface area contributed by atoms with E-state index in [1.165, 1.54) is 22.5 Å². The van der Waals surface area contributed by atoms with Gasteiger partial charge in [-0.05, 0) is 45.7 Å². The van der Waals surface area contributed by atoms with Gasteiger partial charge in [-0.2, -0.15) is 5.10 Å². The topological polar surface area (TPSA) is 57.5 Å². The third kappa shape index (κ3) is 4.98. The number of benzene rings is 1. The molecule has 1 aromatic heterocycles. The van der Waals surface area contributed by atoms with E-state index in [-0.39, 0.29) is 24.0 Å². The van der Waals surface area contributed by atoms with Crippen LogP contribution in [0.5, 0.6) is 0 Å². The Morgan fingerprint density at radius 1 is 1.25 bits per heavy atom. The van der Waals surface area contributed by atoms with Gasteiger partial charge in [0.05, 0.1) is 12.2 Å². The van der Waals surface area contributed by atoms with Crippen LogP contribution in [0.2, 0.25) is 0 Å². The van der Waals surface area contributed by atoms with Crippen LogP contribution >= 0.6 is 24.0 Å². The molecule has 1 aromatic carbocycles. The summed E-state index contributed by atoms with van der Waals surface area (Å²) in [4.78, 5) is 7.26. The van der Waals surface area contributed by atoms with Crippen molar-refractivity contribution < 1.29 is 0 Å². The van der Waals surface area contributed by atoms with Crippen LogP contribution in [0.4, 0.5) is 5.69 Å². The average molecular weight is 496 g/mol. The van der Waals surface area contributed by atoms with E-state index in [0.29, 0.717) is 12.6 Å². The van der Waals surface area contributed by atoms with Crippen molar-refractivity contribution in [1.82, 2.24) is 20.4 Å². The summed E-state index contributed by atoms with van der Waals surface area (Å²) in [7, 11) is 1.98. The first kappa shape index (κ1) is 22.5. The lowest BCUT2D eigenvalue weighted by Gasteiger charge is -2.25. The Balaban J connectivity index is 0.00000280. The molecule has 1 unspecified atom stereocenters. The van der Waals surface area contributed by atoms with Gasteiger partial charge >= 0.3 is 0 Å². The molecule has 0 aliphatic carbocycles. The molecule has 6 nitrogen and oxygen atoms in total. The zero-order chi connectivity index (χ0) is 19.4. The maximum Gasteiger partial charge on any atom is 0.191 e. The van der Waals surface area contributed by atoms with Gasteiger partial charge in [0, 0.05) is 49.7 Å². The van der Waals surface area contributed by atoms with E-state index in [4.69, 9.17) is 4.99 Å². The number of aromatic nitrogens is 2. The second-order valence-electron chi connectivity index (χ2n) is 7.27. The summed E-state index contributed by atoms with van der Waals surface area (Å²) in [5.41, 5.74) is 6.26. The highest BCUT2D eigenvalue weighted by Gasteiger charge is 2.24. The maximum absolute atomic E-state index is 4.77. The standard InChI is InChI=1S/C21H32N6.HI/c1-6-22-21(24-14-19-16(3)25-26(5)17(19)4)23-11-12-27-15(2)13-18-9-7-8-10-20(18)27;/h7-10,15H,6,11-14H2,1-5H3,(H2,22,23,24);1H. The number of aryl methyl sites for hydroxylation is 2. The molecule has 1 aliphatic rings. The van der Waals surface area contributed by atoms with Crippen molar-refractivity contribution >= 4 is 35.6 Å². The number of para-hydroxylation sites is 1. The van der Waals surface area contributed by atoms with Gasteiger partial charge in [0.2, 0.25) is 0 Å². The molecule has 0 bridgehead atoms. The molecule has 3 rings (SSSR count). The van der Waals surface area contributed by atoms with Crippen LogP contribution in [0.3, 0.4) is 0 Å². The number of anilines is 1. The van der Waals surface area contributed by atoms with E-state index in [2.05, 4.69) is 65.7 Å². The molecule has 7 heteroatoms. The quantitative estimate of drug-likeness (QED) is 0.367. The second kappa shape index (κ2) is 10.1. The molecule has 0 saturated carbocycles. The van der Waals surface area contributed by atoms with Crippen molar-refractivity contribution in [1.29, 1.82) is 0 Å². The van der Waals surface area contributed by atoms with E-state index >= 15 is 0 Å². The zero-order valence-electron chi connectivity index (χ0n) is 17.6. The van der Waals surface area contributed by atoms with E-state index in [1.807, 2.05) is 18.7 Å². The third-order valence-corrected chi connectivity index (χ3v) is 5.39. The van der Waals surface area contributed by atoms with Crippen molar-refractivity contribution in [3.63, 3.8) is 0 Å². The van der Waals surface area contributed by atoms with Gasteiger partial charge in [-0.25, -0.2) is 4.99 Å². The Labute approximate surface area is 185 Å². The van der Waals surface area contributed by atoms with Gasteiger partial charge in [-0.3, -0.25) is 4.68 Å². The number of hydrogen-bond donors (Lipinski definition) is 2. The third-order valence-electron chi connectivity index (χ3n) is 5.39. The number of fused-ring (bicyclic) bond motifs is 1. The van der Waals surface area contributed by atoms with E-state index < -0.39 is 0 Å². The summed E-state index contributed by atoms with van der Waals surface area (Å²) in [6, 6.07) is 9.27. The molecule has 0 fully saturated rings. The van der Waals surface area contributed by atoms with Crippen LogP contribution in [0.25, 0.3) is 0 Å². The van der Waals surface area contributed by atoms with Crippen molar-refractivity contribution in [2.24, 2.45) is 12.0 Å². The molecule has 28 heavy (non-hydrogen) atoms. The summed E-state index contributed by atoms with van der Waals surface area (Å²) in [5.74, 6) is 0.861. The van der Waals surface area contributed by atoms with Crippen LogP contribution in [0, 0.1) is 13.8 Å². The predicted molar refractivity (Wildman–Crippen MR) is 128 cm³/mol. The Morgan fingerprint density at radius 3 is 2.68 bits per heavy atom. The van der Waals surface area contributed by atoms with Crippen LogP contribution in [-0.4, -0.2) is 41.4 Å². The molecule has 2 heterocycles. The van der Waals surface area contributed by atoms with Gasteiger partial charge in [0.15, 0.2) is 5.96 Å². The molecule has 1 atom stereocenters. The fourth-order valence-corrected chi connectivity index (χ4v) is 3.81. The normalized spacial score (nSPS) is 16.0. The summed E-state index contributed by atoms with van der Waals surface area (Å²) >= 11 is 0. The number of nitrogens with zero attached hydrogens (tertiary/aromatic N) is 4. The highest BCUT2D eigenvalue weighted by molar-refractivity contribution is 14.0. The Morgan fingerprint density at radius 2 is 2.00 bits per heavy atom. The first-order chi connectivity index (χ1) is 13.0. The lowest BCUT2D eigenvalue weighted by molar-refractivity contribution is 0.656. The first-order valence-corrected chi connectivity index (χ1v) is 9.87. The van der Waals surface area contributed by atoms with Crippen molar-refractivity contribution in [3.8, 4) is 0 Å². The monoisotopic (exact) mass is 496 g/mol. The molecule has 0 saturated heterocycles. The fourth-order valence-electron chi connectivity index (χ4n) is 3.81. The van der Waals surface area contributed by atoms with Crippen molar-refractivity contribution in [2.45, 2.75) is 46.7 Å². The average Bonchev–Trinajstić information content (AvgIpc) is 3.09. The second-order valence-corrected chi connectivity index (χ2v) is 7.27. The molecule has 0 spiro atoms. The molecule has 154 valence electrons. The number of rotatable bonds is 6. The molecule has 0 radical (unpaired) electrons. The number of hydrogen-bond acceptors (Lipinski definition) is 3. The van der Waals surface area contributed by atoms with Crippen LogP contribution in [-0.2, 0) is 20.0 Å². The van der Waals surface area contributed by atoms with Gasteiger partial charge in [-0.1, -0.05) is 18.2 Å². The largest absolute Gasteiger partial charge is 0.367 e. The Kier molecular flexibility index (Phi) is 8.15. The lowest BCUT2D eigenvalue weighted by Crippen LogP contribution is -2.42. The van der Waals surface area contributed by atoms with Crippen molar-refractivity contribution in [2.75, 3.05) is 24.5 Å². The minimum Gasteiger partial charge on any atom is -0.367 e. The summed E-state index contributed by atoms with van der Waals surface area (Å²) < 4.78 is 1.92. The number of aliphatic imine (C=N–C) groups is 1. The lowest BCUT2D eigenvalue weighted by atomic mass is 10.1. The number of guanidine groups is 1. The molecular formula is C21H33IN6. The highest BCUT2D eigenvalue weighted by Crippen LogP contribution is 2.31. The number of halogens is 1. The Bertz CT molecular complexity index is 813. The highest BCUT2D eigenvalue weighted by atomic mass is 127. The van der Waals surface area contributed by atoms with E-state index in [9.17, 15) is 0 Å². The summed E-state index contributed by atoms with van der Waals surface area (Å²) in [5, 5.41) is 11.3. The minimum atomic E-state index is 0. The van der Waals surface area contributed by atoms with E-state index in [0.717, 1.165) is 37.7 Å². The van der Waals surface area contributed by atoms with Gasteiger partial charge in [0.25, 0.3) is 0 Å². The predicted octanol–water partition coefficient (Wildman–Crippen LogP) is 3.16. The SMILES string of the molecule is CCNC(=NCc1c(C)nn(C)c1C)NCCN1c2ccccc2CC1C.I. The molecule has 2 N–H and O–H groups in total. The molecule has 2 aromatic rings. The summed E-state index contributed by atoms with van der Waals surface area (Å²) in [6.45, 7) is 11.8. The van der Waals surface area contributed by atoms with Gasteiger partial charge in [-0.15, -0.1) is 24.0 Å². The van der Waals surface area contributed by atoms with E-state index in [1.54, 1.807) is 0 Å². The maximum atomic E-state index is 4.77. The Hall–Kier alpha value is -1.77. The van der Waals surface area contributed by atoms with Crippen LogP contribution in [0.15, 0.2) is 29.3 Å². The van der Waals surface area contributed by atoms with Crippen LogP contribution < -0.4 is 15.5 Å². The zero-order valence-corrected chi connectivity index (χ0v) is 19.9. The molecule has 0 amide bonds. The van der Waals surface area contributed by atoms with Crippen LogP contribution in [0.1, 0.15) is 36.4 Å². The van der Waals surface area contributed by atoms with Crippen molar-refractivity contribution in [3.05, 3.63) is 46.8 Å². The number of nitrogens with one attached hydrogen (secondary N) is 2. The van der Waals surface area contributed by atoms with Gasteiger partial charge < -0.3 is 15.5 Å². The summed E-state index contributed by atoms with van der Waals surface area (Å²) in [6.07, 6.45) is 1.13. The van der Waals surface area contributed by atoms with Gasteiger partial charge in [0.1, 0.15) is 0 Å². The first-order valence-electron chi connectivity index (χ1n) is 9.87. The fraction of sp³-hybridized carbons (Fsp3) is 0.524. The molecule has 1 aliphatic heterocycles.